The van der Waals surface area contributed by atoms with E-state index in [2.05, 4.69) is 163 Å². The Balaban J connectivity index is 1.37. The Hall–Kier alpha value is -6.94. The molecular weight excluding hydrogens is 986 g/mol. The molecule has 78 heavy (non-hydrogen) atoms. The van der Waals surface area contributed by atoms with Crippen LogP contribution in [0.5, 0.6) is 0 Å². The van der Waals surface area contributed by atoms with Crippen molar-refractivity contribution < 1.29 is 34.3 Å². The van der Waals surface area contributed by atoms with Gasteiger partial charge in [0.2, 0.25) is 11.8 Å². The zero-order valence-electron chi connectivity index (χ0n) is 46.7. The monoisotopic (exact) mass is 1060 g/mol. The Morgan fingerprint density at radius 2 is 1.13 bits per heavy atom. The summed E-state index contributed by atoms with van der Waals surface area (Å²) in [6.45, 7) is 19.8. The lowest BCUT2D eigenvalue weighted by molar-refractivity contribution is -0.462. The van der Waals surface area contributed by atoms with E-state index in [4.69, 9.17) is 0 Å². The molecule has 8 rings (SSSR count). The lowest BCUT2D eigenvalue weighted by Gasteiger charge is -2.38. The quantitative estimate of drug-likeness (QED) is 0.0157. The van der Waals surface area contributed by atoms with Crippen LogP contribution < -0.4 is 31.6 Å². The van der Waals surface area contributed by atoms with E-state index in [1.54, 1.807) is 26.0 Å². The second-order valence-corrected chi connectivity index (χ2v) is 26.2. The second kappa shape index (κ2) is 24.8. The summed E-state index contributed by atoms with van der Waals surface area (Å²) in [6.07, 6.45) is 8.20. The average molecular weight is 1060 g/mol. The van der Waals surface area contributed by atoms with Gasteiger partial charge in [-0.1, -0.05) is 117 Å². The van der Waals surface area contributed by atoms with Crippen molar-refractivity contribution in [3.05, 3.63) is 196 Å². The first-order valence-corrected chi connectivity index (χ1v) is 29.9. The summed E-state index contributed by atoms with van der Waals surface area (Å²) in [6, 6.07) is 37.3. The van der Waals surface area contributed by atoms with Gasteiger partial charge in [-0.15, -0.1) is 0 Å². The van der Waals surface area contributed by atoms with Crippen LogP contribution in [0.4, 0.5) is 5.69 Å². The highest BCUT2D eigenvalue weighted by molar-refractivity contribution is 6.98. The van der Waals surface area contributed by atoms with Crippen LogP contribution in [0.25, 0.3) is 27.1 Å². The van der Waals surface area contributed by atoms with Crippen LogP contribution in [-0.2, 0) is 35.8 Å². The van der Waals surface area contributed by atoms with E-state index in [-0.39, 0.29) is 11.8 Å². The molecule has 0 saturated carbocycles. The summed E-state index contributed by atoms with van der Waals surface area (Å²) >= 11 is 0. The van der Waals surface area contributed by atoms with Crippen molar-refractivity contribution in [1.82, 2.24) is 20.4 Å². The van der Waals surface area contributed by atoms with Crippen LogP contribution in [0.15, 0.2) is 162 Å². The van der Waals surface area contributed by atoms with Crippen molar-refractivity contribution in [2.24, 2.45) is 0 Å². The van der Waals surface area contributed by atoms with E-state index in [0.717, 1.165) is 60.8 Å². The number of carbonyl (C=O) groups excluding carboxylic acids is 2. The summed E-state index contributed by atoms with van der Waals surface area (Å²) in [5.74, 6) is -0.383. The maximum absolute atomic E-state index is 12.7. The summed E-state index contributed by atoms with van der Waals surface area (Å²) in [5.41, 5.74) is 12.6. The van der Waals surface area contributed by atoms with Crippen molar-refractivity contribution in [2.45, 2.75) is 66.0 Å². The third-order valence-corrected chi connectivity index (χ3v) is 18.8. The molecule has 0 atom stereocenters. The molecule has 2 amide bonds. The number of nitrogens with zero attached hydrogens (tertiary/aromatic N) is 4. The molecule has 402 valence electrons. The number of allylic oxidation sites excluding steroid dienone is 5. The predicted octanol–water partition coefficient (Wildman–Crippen LogP) is 6.07. The number of anilines is 1. The molecule has 2 aliphatic rings. The largest absolute Gasteiger partial charge is 0.488 e. The maximum atomic E-state index is 12.7. The van der Waals surface area contributed by atoms with Gasteiger partial charge in [-0.3, -0.25) is 19.4 Å². The van der Waals surface area contributed by atoms with Crippen LogP contribution >= 0.6 is 0 Å². The highest BCUT2D eigenvalue weighted by Gasteiger charge is 2.40. The van der Waals surface area contributed by atoms with E-state index in [1.165, 1.54) is 27.1 Å². The van der Waals surface area contributed by atoms with Gasteiger partial charge in [0.05, 0.1) is 0 Å². The van der Waals surface area contributed by atoms with Gasteiger partial charge in [0.15, 0.2) is 5.71 Å². The van der Waals surface area contributed by atoms with Crippen molar-refractivity contribution in [3.8, 4) is 0 Å². The molecule has 12 nitrogen and oxygen atoms in total. The van der Waals surface area contributed by atoms with Gasteiger partial charge in [-0.25, -0.2) is 4.58 Å². The molecule has 15 heteroatoms. The topological polar surface area (TPSA) is 152 Å². The Kier molecular flexibility index (Phi) is 18.2. The SMILES string of the molecule is C=C(C)C(=O)NCCCN(Cc1ccccc1B(O)O)Cc1c2ccccc2c(CN(CCCNC(=O)C(=C)C)Cc2ccccc2B(O)O)c2cc(C3=C4C=CC(=[N+](C)C)C=C4[Si](C)(C)c4cc(N(C)C)ccc43)ccc12. The highest BCUT2D eigenvalue weighted by Crippen LogP contribution is 2.44. The molecule has 1 aliphatic carbocycles. The Bertz CT molecular complexity index is 3430. The standard InChI is InChI=1S/C63H74B2N6O6Si/c1-42(2)62(72)66-31-17-33-70(38-45-19-11-15-23-57(45)64(74)75)40-55-49-21-13-14-22-50(49)56(41-71(34-18-32-67-63(73)43(3)4)39-46-20-12-16-24-58(46)65(76)77)54-35-44(25-28-51(54)55)61-52-29-26-47(68(5)6)36-59(52)78(9,10)60-37-48(69(7)8)27-30-53(60)61/h11-16,19-30,35-37,74-77H,1,3,17-18,31-34,38-41H2,2,4-10H3,(H-,66,67,72,73)/p+1. The van der Waals surface area contributed by atoms with Crippen molar-refractivity contribution in [3.63, 3.8) is 0 Å². The molecule has 1 aliphatic heterocycles. The number of hydrogen-bond donors (Lipinski definition) is 6. The summed E-state index contributed by atoms with van der Waals surface area (Å²) in [4.78, 5) is 32.1. The zero-order valence-corrected chi connectivity index (χ0v) is 47.7. The summed E-state index contributed by atoms with van der Waals surface area (Å²) in [7, 11) is 2.80. The molecule has 6 N–H and O–H groups in total. The number of amides is 2. The minimum Gasteiger partial charge on any atom is -0.423 e. The fourth-order valence-corrected chi connectivity index (χ4v) is 14.1. The molecular formula is C63H75B2N6O6Si+. The molecule has 0 unspecified atom stereocenters. The highest BCUT2D eigenvalue weighted by atomic mass is 28.3. The minimum atomic E-state index is -2.27. The van der Waals surface area contributed by atoms with Crippen LogP contribution in [0.2, 0.25) is 13.1 Å². The molecule has 0 saturated heterocycles. The minimum absolute atomic E-state index is 0.191. The van der Waals surface area contributed by atoms with Gasteiger partial charge < -0.3 is 35.6 Å². The smallest absolute Gasteiger partial charge is 0.423 e. The van der Waals surface area contributed by atoms with Crippen LogP contribution in [-0.4, -0.2) is 129 Å². The zero-order chi connectivity index (χ0) is 56.0. The Morgan fingerprint density at radius 3 is 1.63 bits per heavy atom. The molecule has 0 aromatic heterocycles. The summed E-state index contributed by atoms with van der Waals surface area (Å²) in [5, 5.41) is 55.4. The predicted molar refractivity (Wildman–Crippen MR) is 325 cm³/mol. The first kappa shape index (κ1) is 57.2. The lowest BCUT2D eigenvalue weighted by Crippen LogP contribution is -2.49. The fraction of sp³-hybridized carbons (Fsp3) is 0.286. The van der Waals surface area contributed by atoms with Crippen LogP contribution in [0.1, 0.15) is 60.1 Å². The Morgan fingerprint density at radius 1 is 0.628 bits per heavy atom. The van der Waals surface area contributed by atoms with Crippen LogP contribution in [0.3, 0.4) is 0 Å². The van der Waals surface area contributed by atoms with Gasteiger partial charge in [-0.05, 0) is 138 Å². The van der Waals surface area contributed by atoms with E-state index in [0.29, 0.717) is 87.3 Å². The molecule has 0 fully saturated rings. The van der Waals surface area contributed by atoms with Crippen LogP contribution in [0, 0.1) is 0 Å². The van der Waals surface area contributed by atoms with E-state index in [9.17, 15) is 29.7 Å². The van der Waals surface area contributed by atoms with Crippen molar-refractivity contribution in [2.75, 3.05) is 59.3 Å². The van der Waals surface area contributed by atoms with Crippen molar-refractivity contribution in [1.29, 1.82) is 0 Å². The van der Waals surface area contributed by atoms with Gasteiger partial charge >= 0.3 is 14.2 Å². The summed E-state index contributed by atoms with van der Waals surface area (Å²) < 4.78 is 2.18. The van der Waals surface area contributed by atoms with Gasteiger partial charge in [0.1, 0.15) is 22.2 Å². The number of hydrogen-bond acceptors (Lipinski definition) is 9. The van der Waals surface area contributed by atoms with Crippen molar-refractivity contribution >= 4 is 88.8 Å². The molecule has 1 heterocycles. The molecule has 0 radical (unpaired) electrons. The normalized spacial score (nSPS) is 13.6. The first-order chi connectivity index (χ1) is 37.2. The van der Waals surface area contributed by atoms with E-state index >= 15 is 0 Å². The molecule has 0 bridgehead atoms. The van der Waals surface area contributed by atoms with E-state index in [1.807, 2.05) is 36.4 Å². The number of benzene rings is 6. The second-order valence-electron chi connectivity index (χ2n) is 21.9. The third-order valence-electron chi connectivity index (χ3n) is 15.3. The maximum Gasteiger partial charge on any atom is 0.488 e. The van der Waals surface area contributed by atoms with Gasteiger partial charge in [0.25, 0.3) is 0 Å². The third kappa shape index (κ3) is 12.6. The number of fused-ring (bicyclic) bond motifs is 4. The van der Waals surface area contributed by atoms with E-state index < -0.39 is 22.3 Å². The Labute approximate surface area is 462 Å². The van der Waals surface area contributed by atoms with Gasteiger partial charge in [0, 0.05) is 95.4 Å². The number of nitrogens with one attached hydrogen (secondary N) is 2. The number of rotatable bonds is 22. The lowest BCUT2D eigenvalue weighted by atomic mass is 9.77. The molecule has 0 spiro atoms. The molecule has 6 aromatic rings. The average Bonchev–Trinajstić information content (AvgIpc) is 3.53. The molecule has 6 aromatic carbocycles. The fourth-order valence-electron chi connectivity index (χ4n) is 11.1. The number of carbonyl (C=O) groups is 2. The first-order valence-electron chi connectivity index (χ1n) is 26.9. The van der Waals surface area contributed by atoms with Gasteiger partial charge in [-0.2, -0.15) is 0 Å².